The number of para-hydroxylation sites is 2. The Morgan fingerprint density at radius 2 is 1.50 bits per heavy atom. The molecule has 0 radical (unpaired) electrons. The van der Waals surface area contributed by atoms with Gasteiger partial charge in [0.1, 0.15) is 0 Å². The van der Waals surface area contributed by atoms with Gasteiger partial charge in [0.2, 0.25) is 10.0 Å². The van der Waals surface area contributed by atoms with Gasteiger partial charge in [-0.05, 0) is 49.2 Å². The Morgan fingerprint density at radius 1 is 0.933 bits per heavy atom. The van der Waals surface area contributed by atoms with Crippen molar-refractivity contribution in [1.82, 2.24) is 4.31 Å². The van der Waals surface area contributed by atoms with Gasteiger partial charge < -0.3 is 9.64 Å². The number of sulfonamides is 2. The van der Waals surface area contributed by atoms with Crippen LogP contribution in [0.25, 0.3) is 0 Å². The van der Waals surface area contributed by atoms with Gasteiger partial charge in [-0.2, -0.15) is 0 Å². The molecule has 1 N–H and O–H groups in total. The van der Waals surface area contributed by atoms with E-state index in [-0.39, 0.29) is 15.9 Å². The molecule has 1 heterocycles. The highest BCUT2D eigenvalue weighted by molar-refractivity contribution is 7.92. The molecule has 0 unspecified atom stereocenters. The number of hydrogen-bond acceptors (Lipinski definition) is 6. The van der Waals surface area contributed by atoms with E-state index >= 15 is 0 Å². The van der Waals surface area contributed by atoms with Crippen LogP contribution in [0, 0.1) is 0 Å². The SMILES string of the molecule is COC1CCN(c2ccccc2NS(=O)(=O)c2ccc(S(=O)(=O)N(C)C)cc2)CC1. The molecule has 10 heteroatoms. The summed E-state index contributed by atoms with van der Waals surface area (Å²) in [7, 11) is -2.95. The van der Waals surface area contributed by atoms with Gasteiger partial charge in [-0.3, -0.25) is 4.72 Å². The molecular weight excluding hydrogens is 426 g/mol. The Labute approximate surface area is 178 Å². The molecule has 2 aromatic carbocycles. The summed E-state index contributed by atoms with van der Waals surface area (Å²) in [5.41, 5.74) is 1.29. The topological polar surface area (TPSA) is 96.0 Å². The summed E-state index contributed by atoms with van der Waals surface area (Å²) in [6.07, 6.45) is 1.97. The Morgan fingerprint density at radius 3 is 2.07 bits per heavy atom. The smallest absolute Gasteiger partial charge is 0.261 e. The third kappa shape index (κ3) is 4.77. The third-order valence-corrected chi connectivity index (χ3v) is 8.39. The number of ether oxygens (including phenoxy) is 1. The average Bonchev–Trinajstić information content (AvgIpc) is 2.74. The first kappa shape index (κ1) is 22.5. The molecular formula is C20H27N3O5S2. The van der Waals surface area contributed by atoms with Crippen LogP contribution >= 0.6 is 0 Å². The summed E-state index contributed by atoms with van der Waals surface area (Å²) in [6.45, 7) is 1.54. The number of nitrogens with zero attached hydrogens (tertiary/aromatic N) is 2. The highest BCUT2D eigenvalue weighted by Crippen LogP contribution is 2.30. The van der Waals surface area contributed by atoms with E-state index in [0.29, 0.717) is 5.69 Å². The van der Waals surface area contributed by atoms with E-state index in [9.17, 15) is 16.8 Å². The van der Waals surface area contributed by atoms with Crippen LogP contribution in [0.15, 0.2) is 58.3 Å². The molecule has 3 rings (SSSR count). The van der Waals surface area contributed by atoms with Crippen molar-refractivity contribution in [1.29, 1.82) is 0 Å². The standard InChI is InChI=1S/C20H27N3O5S2/c1-22(2)30(26,27)18-10-8-17(9-11-18)29(24,25)21-19-6-4-5-7-20(19)23-14-12-16(28-3)13-15-23/h4-11,16,21H,12-15H2,1-3H3. The van der Waals surface area contributed by atoms with E-state index in [4.69, 9.17) is 4.74 Å². The van der Waals surface area contributed by atoms with E-state index in [1.54, 1.807) is 19.2 Å². The zero-order valence-electron chi connectivity index (χ0n) is 17.3. The second-order valence-electron chi connectivity index (χ2n) is 7.30. The zero-order chi connectivity index (χ0) is 21.9. The van der Waals surface area contributed by atoms with Crippen LogP contribution in [0.5, 0.6) is 0 Å². The normalized spacial score (nSPS) is 16.1. The lowest BCUT2D eigenvalue weighted by Crippen LogP contribution is -2.37. The van der Waals surface area contributed by atoms with Gasteiger partial charge >= 0.3 is 0 Å². The fraction of sp³-hybridized carbons (Fsp3) is 0.400. The summed E-state index contributed by atoms with van der Waals surface area (Å²) in [5.74, 6) is 0. The van der Waals surface area contributed by atoms with E-state index in [1.807, 2.05) is 12.1 Å². The monoisotopic (exact) mass is 453 g/mol. The van der Waals surface area contributed by atoms with Crippen molar-refractivity contribution >= 4 is 31.4 Å². The highest BCUT2D eigenvalue weighted by atomic mass is 32.2. The minimum atomic E-state index is -3.88. The van der Waals surface area contributed by atoms with Crippen molar-refractivity contribution in [2.75, 3.05) is 43.9 Å². The number of benzene rings is 2. The number of methoxy groups -OCH3 is 1. The molecule has 0 amide bonds. The second-order valence-corrected chi connectivity index (χ2v) is 11.1. The van der Waals surface area contributed by atoms with Gasteiger partial charge in [0.15, 0.2) is 0 Å². The maximum absolute atomic E-state index is 12.9. The van der Waals surface area contributed by atoms with Crippen LogP contribution in [-0.4, -0.2) is 61.5 Å². The highest BCUT2D eigenvalue weighted by Gasteiger charge is 2.23. The lowest BCUT2D eigenvalue weighted by molar-refractivity contribution is 0.0819. The van der Waals surface area contributed by atoms with Crippen LogP contribution in [0.1, 0.15) is 12.8 Å². The quantitative estimate of drug-likeness (QED) is 0.691. The lowest BCUT2D eigenvalue weighted by Gasteiger charge is -2.34. The average molecular weight is 454 g/mol. The Balaban J connectivity index is 1.83. The van der Waals surface area contributed by atoms with Gasteiger partial charge in [-0.25, -0.2) is 21.1 Å². The molecule has 0 saturated carbocycles. The first-order valence-corrected chi connectivity index (χ1v) is 12.5. The molecule has 1 saturated heterocycles. The van der Waals surface area contributed by atoms with E-state index < -0.39 is 20.0 Å². The summed E-state index contributed by atoms with van der Waals surface area (Å²) >= 11 is 0. The number of hydrogen-bond donors (Lipinski definition) is 1. The van der Waals surface area contributed by atoms with Crippen molar-refractivity contribution in [2.24, 2.45) is 0 Å². The number of rotatable bonds is 7. The van der Waals surface area contributed by atoms with Gasteiger partial charge in [0.05, 0.1) is 27.3 Å². The molecule has 0 aliphatic carbocycles. The molecule has 2 aromatic rings. The molecule has 164 valence electrons. The number of piperidine rings is 1. The minimum Gasteiger partial charge on any atom is -0.381 e. The Hall–Kier alpha value is -2.14. The van der Waals surface area contributed by atoms with Crippen molar-refractivity contribution in [3.63, 3.8) is 0 Å². The Bertz CT molecular complexity index is 1080. The minimum absolute atomic E-state index is 0.00639. The third-order valence-electron chi connectivity index (χ3n) is 5.18. The van der Waals surface area contributed by atoms with E-state index in [2.05, 4.69) is 9.62 Å². The van der Waals surface area contributed by atoms with Gasteiger partial charge in [-0.15, -0.1) is 0 Å². The molecule has 1 aliphatic rings. The second kappa shape index (κ2) is 8.93. The summed E-state index contributed by atoms with van der Waals surface area (Å²) in [4.78, 5) is 2.17. The fourth-order valence-electron chi connectivity index (χ4n) is 3.37. The summed E-state index contributed by atoms with van der Waals surface area (Å²) in [5, 5.41) is 0. The van der Waals surface area contributed by atoms with Gasteiger partial charge in [-0.1, -0.05) is 12.1 Å². The number of nitrogens with one attached hydrogen (secondary N) is 1. The molecule has 0 atom stereocenters. The maximum atomic E-state index is 12.9. The molecule has 0 aromatic heterocycles. The fourth-order valence-corrected chi connectivity index (χ4v) is 5.35. The van der Waals surface area contributed by atoms with E-state index in [1.165, 1.54) is 38.4 Å². The zero-order valence-corrected chi connectivity index (χ0v) is 18.9. The van der Waals surface area contributed by atoms with Crippen LogP contribution in [0.2, 0.25) is 0 Å². The first-order chi connectivity index (χ1) is 14.1. The van der Waals surface area contributed by atoms with E-state index in [0.717, 1.165) is 35.9 Å². The van der Waals surface area contributed by atoms with Crippen LogP contribution in [-0.2, 0) is 24.8 Å². The van der Waals surface area contributed by atoms with Crippen molar-refractivity contribution in [3.05, 3.63) is 48.5 Å². The largest absolute Gasteiger partial charge is 0.381 e. The molecule has 8 nitrogen and oxygen atoms in total. The number of anilines is 2. The Kier molecular flexibility index (Phi) is 6.71. The van der Waals surface area contributed by atoms with Gasteiger partial charge in [0.25, 0.3) is 10.0 Å². The molecule has 1 fully saturated rings. The summed E-state index contributed by atoms with van der Waals surface area (Å²) in [6, 6.07) is 12.4. The lowest BCUT2D eigenvalue weighted by atomic mass is 10.1. The van der Waals surface area contributed by atoms with Gasteiger partial charge in [0, 0.05) is 34.3 Å². The molecule has 0 bridgehead atoms. The van der Waals surface area contributed by atoms with Crippen molar-refractivity contribution in [3.8, 4) is 0 Å². The van der Waals surface area contributed by atoms with Crippen molar-refractivity contribution < 1.29 is 21.6 Å². The summed E-state index contributed by atoms with van der Waals surface area (Å²) < 4.78 is 59.4. The van der Waals surface area contributed by atoms with Crippen molar-refractivity contribution in [2.45, 2.75) is 28.7 Å². The van der Waals surface area contributed by atoms with Crippen LogP contribution < -0.4 is 9.62 Å². The predicted molar refractivity (Wildman–Crippen MR) is 117 cm³/mol. The van der Waals surface area contributed by atoms with Crippen LogP contribution in [0.4, 0.5) is 11.4 Å². The molecule has 0 spiro atoms. The first-order valence-electron chi connectivity index (χ1n) is 9.57. The molecule has 1 aliphatic heterocycles. The predicted octanol–water partition coefficient (Wildman–Crippen LogP) is 2.35. The molecule has 30 heavy (non-hydrogen) atoms. The van der Waals surface area contributed by atoms with Crippen LogP contribution in [0.3, 0.4) is 0 Å². The maximum Gasteiger partial charge on any atom is 0.261 e.